The predicted octanol–water partition coefficient (Wildman–Crippen LogP) is 1.15. The number of likely N-dealkylation sites (tertiary alicyclic amines) is 1. The third-order valence-electron chi connectivity index (χ3n) is 4.71. The van der Waals surface area contributed by atoms with Gasteiger partial charge in [-0.3, -0.25) is 4.90 Å². The maximum atomic E-state index is 12.2. The van der Waals surface area contributed by atoms with Crippen molar-refractivity contribution in [3.05, 3.63) is 18.2 Å². The van der Waals surface area contributed by atoms with Gasteiger partial charge in [-0.15, -0.1) is 0 Å². The van der Waals surface area contributed by atoms with Gasteiger partial charge in [0, 0.05) is 52.2 Å². The topological polar surface area (TPSA) is 70.5 Å². The number of imidazole rings is 1. The molecule has 1 saturated heterocycles. The minimum Gasteiger partial charge on any atom is -0.334 e. The van der Waals surface area contributed by atoms with Crippen LogP contribution in [-0.4, -0.2) is 60.4 Å². The number of aromatic nitrogens is 2. The number of rotatable bonds is 8. The molecule has 0 spiro atoms. The van der Waals surface area contributed by atoms with Crippen LogP contribution in [0.1, 0.15) is 33.0 Å². The largest absolute Gasteiger partial charge is 0.334 e. The third kappa shape index (κ3) is 4.56. The smallest absolute Gasteiger partial charge is 0.279 e. The van der Waals surface area contributed by atoms with E-state index in [2.05, 4.69) is 39.9 Å². The van der Waals surface area contributed by atoms with E-state index in [0.29, 0.717) is 11.8 Å². The molecule has 0 radical (unpaired) electrons. The summed E-state index contributed by atoms with van der Waals surface area (Å²) in [4.78, 5) is 6.78. The molecular weight excluding hydrogens is 326 g/mol. The van der Waals surface area contributed by atoms with Crippen LogP contribution in [0.5, 0.6) is 0 Å². The molecule has 2 atom stereocenters. The lowest BCUT2D eigenvalue weighted by atomic mass is 9.92. The minimum atomic E-state index is -3.41. The second-order valence-electron chi connectivity index (χ2n) is 7.15. The van der Waals surface area contributed by atoms with Crippen molar-refractivity contribution in [1.82, 2.24) is 23.5 Å². The van der Waals surface area contributed by atoms with Crippen molar-refractivity contribution < 1.29 is 8.42 Å². The van der Waals surface area contributed by atoms with E-state index in [4.69, 9.17) is 0 Å². The van der Waals surface area contributed by atoms with Gasteiger partial charge in [0.05, 0.1) is 6.54 Å². The standard InChI is InChI=1S/C16H31N5O2S/c1-6-8-21-9-7-17-16(21)12-20-10-14(13(2)3)15(11-20)18-24(22,23)19(4)5/h7,9,13-15,18H,6,8,10-12H2,1-5H3/t14-,15+/m0/s1. The van der Waals surface area contributed by atoms with Crippen molar-refractivity contribution >= 4 is 10.2 Å². The van der Waals surface area contributed by atoms with Gasteiger partial charge < -0.3 is 4.57 Å². The fourth-order valence-electron chi connectivity index (χ4n) is 3.28. The van der Waals surface area contributed by atoms with Crippen LogP contribution in [0.25, 0.3) is 0 Å². The van der Waals surface area contributed by atoms with E-state index in [9.17, 15) is 8.42 Å². The van der Waals surface area contributed by atoms with Gasteiger partial charge in [0.25, 0.3) is 10.2 Å². The molecule has 24 heavy (non-hydrogen) atoms. The highest BCUT2D eigenvalue weighted by molar-refractivity contribution is 7.87. The SMILES string of the molecule is CCCn1ccnc1CN1C[C@@H](NS(=O)(=O)N(C)C)[C@H](C(C)C)C1. The van der Waals surface area contributed by atoms with Gasteiger partial charge in [-0.05, 0) is 18.3 Å². The maximum Gasteiger partial charge on any atom is 0.279 e. The summed E-state index contributed by atoms with van der Waals surface area (Å²) in [7, 11) is -0.301. The average Bonchev–Trinajstić information content (AvgIpc) is 3.07. The molecule has 0 saturated carbocycles. The van der Waals surface area contributed by atoms with E-state index in [-0.39, 0.29) is 6.04 Å². The summed E-state index contributed by atoms with van der Waals surface area (Å²) in [5, 5.41) is 0. The lowest BCUT2D eigenvalue weighted by molar-refractivity contribution is 0.285. The van der Waals surface area contributed by atoms with Crippen molar-refractivity contribution in [2.75, 3.05) is 27.2 Å². The Morgan fingerprint density at radius 2 is 2.08 bits per heavy atom. The van der Waals surface area contributed by atoms with Crippen LogP contribution < -0.4 is 4.72 Å². The zero-order valence-electron chi connectivity index (χ0n) is 15.4. The van der Waals surface area contributed by atoms with Crippen LogP contribution in [0.15, 0.2) is 12.4 Å². The maximum absolute atomic E-state index is 12.2. The third-order valence-corrected chi connectivity index (χ3v) is 6.27. The van der Waals surface area contributed by atoms with Crippen molar-refractivity contribution in [1.29, 1.82) is 0 Å². The summed E-state index contributed by atoms with van der Waals surface area (Å²) in [6, 6.07) is -0.0630. The highest BCUT2D eigenvalue weighted by Crippen LogP contribution is 2.26. The highest BCUT2D eigenvalue weighted by Gasteiger charge is 2.37. The first-order chi connectivity index (χ1) is 11.2. The van der Waals surface area contributed by atoms with Gasteiger partial charge in [-0.1, -0.05) is 20.8 Å². The Hall–Kier alpha value is -0.960. The van der Waals surface area contributed by atoms with E-state index in [0.717, 1.165) is 38.4 Å². The van der Waals surface area contributed by atoms with Crippen LogP contribution in [0.3, 0.4) is 0 Å². The molecule has 8 heteroatoms. The second-order valence-corrected chi connectivity index (χ2v) is 9.07. The number of aryl methyl sites for hydroxylation is 1. The van der Waals surface area contributed by atoms with Gasteiger partial charge in [0.1, 0.15) is 5.82 Å². The molecule has 0 amide bonds. The Morgan fingerprint density at radius 1 is 1.38 bits per heavy atom. The number of hydrogen-bond acceptors (Lipinski definition) is 4. The van der Waals surface area contributed by atoms with Crippen LogP contribution in [0.2, 0.25) is 0 Å². The molecule has 1 fully saturated rings. The molecule has 1 aliphatic rings. The van der Waals surface area contributed by atoms with Crippen LogP contribution in [0, 0.1) is 11.8 Å². The molecule has 0 unspecified atom stereocenters. The molecule has 1 aromatic rings. The molecule has 1 N–H and O–H groups in total. The molecule has 0 aliphatic carbocycles. The molecule has 1 aromatic heterocycles. The summed E-state index contributed by atoms with van der Waals surface area (Å²) < 4.78 is 30.7. The fraction of sp³-hybridized carbons (Fsp3) is 0.812. The zero-order chi connectivity index (χ0) is 17.9. The first-order valence-electron chi connectivity index (χ1n) is 8.66. The molecule has 2 rings (SSSR count). The molecule has 0 bridgehead atoms. The van der Waals surface area contributed by atoms with Gasteiger partial charge in [0.15, 0.2) is 0 Å². The van der Waals surface area contributed by atoms with E-state index in [1.807, 2.05) is 12.4 Å². The Balaban J connectivity index is 2.08. The zero-order valence-corrected chi connectivity index (χ0v) is 16.3. The Bertz CT molecular complexity index is 626. The van der Waals surface area contributed by atoms with Crippen LogP contribution in [0.4, 0.5) is 0 Å². The first kappa shape index (κ1) is 19.4. The molecule has 2 heterocycles. The van der Waals surface area contributed by atoms with Gasteiger partial charge in [0.2, 0.25) is 0 Å². The summed E-state index contributed by atoms with van der Waals surface area (Å²) >= 11 is 0. The van der Waals surface area contributed by atoms with Gasteiger partial charge >= 0.3 is 0 Å². The molecular formula is C16H31N5O2S. The molecule has 138 valence electrons. The van der Waals surface area contributed by atoms with Crippen LogP contribution >= 0.6 is 0 Å². The Labute approximate surface area is 146 Å². The average molecular weight is 358 g/mol. The normalized spacial score (nSPS) is 22.8. The van der Waals surface area contributed by atoms with Gasteiger partial charge in [-0.25, -0.2) is 4.98 Å². The summed E-state index contributed by atoms with van der Waals surface area (Å²) in [5.74, 6) is 1.77. The predicted molar refractivity (Wildman–Crippen MR) is 95.7 cm³/mol. The fourth-order valence-corrected chi connectivity index (χ4v) is 4.12. The number of nitrogens with zero attached hydrogens (tertiary/aromatic N) is 4. The quantitative estimate of drug-likeness (QED) is 0.758. The minimum absolute atomic E-state index is 0.0630. The Morgan fingerprint density at radius 3 is 2.67 bits per heavy atom. The highest BCUT2D eigenvalue weighted by atomic mass is 32.2. The van der Waals surface area contributed by atoms with E-state index >= 15 is 0 Å². The molecule has 0 aromatic carbocycles. The lowest BCUT2D eigenvalue weighted by Gasteiger charge is -2.24. The number of hydrogen-bond donors (Lipinski definition) is 1. The van der Waals surface area contributed by atoms with Crippen molar-refractivity contribution in [3.63, 3.8) is 0 Å². The van der Waals surface area contributed by atoms with Gasteiger partial charge in [-0.2, -0.15) is 17.4 Å². The monoisotopic (exact) mass is 357 g/mol. The number of nitrogens with one attached hydrogen (secondary N) is 1. The van der Waals surface area contributed by atoms with Crippen molar-refractivity contribution in [2.45, 2.75) is 46.3 Å². The summed E-state index contributed by atoms with van der Waals surface area (Å²) in [6.45, 7) is 9.79. The summed E-state index contributed by atoms with van der Waals surface area (Å²) in [6.07, 6.45) is 4.93. The lowest BCUT2D eigenvalue weighted by Crippen LogP contribution is -2.46. The molecule has 1 aliphatic heterocycles. The second kappa shape index (κ2) is 7.95. The van der Waals surface area contributed by atoms with Crippen LogP contribution in [-0.2, 0) is 23.3 Å². The van der Waals surface area contributed by atoms with E-state index in [1.165, 1.54) is 4.31 Å². The molecule has 7 nitrogen and oxygen atoms in total. The van der Waals surface area contributed by atoms with Crippen molar-refractivity contribution in [2.24, 2.45) is 11.8 Å². The summed E-state index contributed by atoms with van der Waals surface area (Å²) in [5.41, 5.74) is 0. The first-order valence-corrected chi connectivity index (χ1v) is 10.1. The van der Waals surface area contributed by atoms with E-state index in [1.54, 1.807) is 14.1 Å². The van der Waals surface area contributed by atoms with Crippen molar-refractivity contribution in [3.8, 4) is 0 Å². The van der Waals surface area contributed by atoms with E-state index < -0.39 is 10.2 Å². The Kier molecular flexibility index (Phi) is 6.41.